The second kappa shape index (κ2) is 23.5. The summed E-state index contributed by atoms with van der Waals surface area (Å²) in [6.45, 7) is 4.08. The van der Waals surface area contributed by atoms with E-state index in [0.29, 0.717) is 57.4 Å². The van der Waals surface area contributed by atoms with Crippen molar-refractivity contribution in [2.75, 3.05) is 64.4 Å². The van der Waals surface area contributed by atoms with Crippen LogP contribution in [0.1, 0.15) is 36.0 Å². The van der Waals surface area contributed by atoms with Crippen LogP contribution in [0.15, 0.2) is 94.3 Å². The van der Waals surface area contributed by atoms with Gasteiger partial charge in [-0.05, 0) is 75.2 Å². The highest BCUT2D eigenvalue weighted by Crippen LogP contribution is 2.40. The van der Waals surface area contributed by atoms with Crippen molar-refractivity contribution >= 4 is 31.6 Å². The fraction of sp³-hybridized carbons (Fsp3) is 0.346. The molecular weight excluding hydrogens is 1080 g/mol. The largest absolute Gasteiger partial charge is 0.494 e. The second-order valence-electron chi connectivity index (χ2n) is 18.6. The monoisotopic (exact) mass is 1130 g/mol. The molecule has 0 N–H and O–H groups in total. The molecule has 2 aromatic carbocycles. The number of halogens is 2. The van der Waals surface area contributed by atoms with Crippen molar-refractivity contribution in [1.82, 2.24) is 49.5 Å². The van der Waals surface area contributed by atoms with Crippen LogP contribution >= 0.6 is 0 Å². The van der Waals surface area contributed by atoms with Gasteiger partial charge in [-0.25, -0.2) is 45.6 Å². The van der Waals surface area contributed by atoms with Crippen LogP contribution in [0.5, 0.6) is 23.0 Å². The minimum atomic E-state index is -3.92. The summed E-state index contributed by atoms with van der Waals surface area (Å²) >= 11 is 0. The highest BCUT2D eigenvalue weighted by Gasteiger charge is 2.40. The molecule has 4 atom stereocenters. The topological polar surface area (TPSA) is 299 Å². The zero-order chi connectivity index (χ0) is 56.9. The number of aryl methyl sites for hydroxylation is 2. The van der Waals surface area contributed by atoms with Crippen LogP contribution in [0.25, 0.3) is 34.5 Å². The van der Waals surface area contributed by atoms with Gasteiger partial charge in [0.15, 0.2) is 54.5 Å². The van der Waals surface area contributed by atoms with Gasteiger partial charge in [0.05, 0.1) is 87.7 Å². The van der Waals surface area contributed by atoms with Gasteiger partial charge >= 0.3 is 0 Å². The molecule has 2 aliphatic heterocycles. The zero-order valence-corrected chi connectivity index (χ0v) is 45.6. The molecule has 0 spiro atoms. The first kappa shape index (κ1) is 55.7. The maximum absolute atomic E-state index is 13.9. The molecule has 0 radical (unpaired) electrons. The summed E-state index contributed by atoms with van der Waals surface area (Å²) < 4.78 is 119. The van der Waals surface area contributed by atoms with Crippen LogP contribution in [0.2, 0.25) is 0 Å². The molecule has 0 unspecified atom stereocenters. The molecule has 0 aliphatic carbocycles. The first-order valence-electron chi connectivity index (χ1n) is 24.6. The number of nitriles is 2. The van der Waals surface area contributed by atoms with E-state index in [1.807, 2.05) is 0 Å². The van der Waals surface area contributed by atoms with Gasteiger partial charge in [0.25, 0.3) is 0 Å². The molecule has 80 heavy (non-hydrogen) atoms. The lowest BCUT2D eigenvalue weighted by Gasteiger charge is -2.34. The number of furan rings is 2. The lowest BCUT2D eigenvalue weighted by Crippen LogP contribution is -2.47. The van der Waals surface area contributed by atoms with Gasteiger partial charge in [0.2, 0.25) is 23.5 Å². The number of hydrogen-bond donors (Lipinski definition) is 0. The molecule has 6 aromatic heterocycles. The molecule has 2 fully saturated rings. The average molecular weight is 1140 g/mol. The van der Waals surface area contributed by atoms with Crippen LogP contribution in [-0.4, -0.2) is 131 Å². The quantitative estimate of drug-likeness (QED) is 0.103. The molecule has 2 aliphatic rings. The lowest BCUT2D eigenvalue weighted by atomic mass is 9.99. The van der Waals surface area contributed by atoms with Gasteiger partial charge < -0.3 is 37.6 Å². The van der Waals surface area contributed by atoms with Crippen molar-refractivity contribution in [3.05, 3.63) is 120 Å². The van der Waals surface area contributed by atoms with Crippen molar-refractivity contribution in [1.29, 1.82) is 10.5 Å². The Bertz CT molecular complexity index is 3530. The van der Waals surface area contributed by atoms with E-state index in [4.69, 9.17) is 27.8 Å². The van der Waals surface area contributed by atoms with E-state index in [0.717, 1.165) is 24.8 Å². The van der Waals surface area contributed by atoms with E-state index >= 15 is 0 Å². The minimum absolute atomic E-state index is 0.0303. The Kier molecular flexibility index (Phi) is 16.4. The van der Waals surface area contributed by atoms with Crippen LogP contribution in [0.4, 0.5) is 20.7 Å². The van der Waals surface area contributed by atoms with Crippen LogP contribution in [-0.2, 0) is 31.2 Å². The van der Waals surface area contributed by atoms with Gasteiger partial charge in [-0.3, -0.25) is 9.13 Å². The molecule has 28 heteroatoms. The normalized spacial score (nSPS) is 17.4. The van der Waals surface area contributed by atoms with E-state index in [-0.39, 0.29) is 74.2 Å². The molecule has 0 saturated carbocycles. The van der Waals surface area contributed by atoms with Gasteiger partial charge in [0, 0.05) is 26.2 Å². The number of aromatic nitrogens is 10. The Morgan fingerprint density at radius 3 is 1.20 bits per heavy atom. The van der Waals surface area contributed by atoms with E-state index in [1.165, 1.54) is 28.4 Å². The fourth-order valence-electron chi connectivity index (χ4n) is 9.50. The molecule has 24 nitrogen and oxygen atoms in total. The number of methoxy groups -OCH3 is 4. The van der Waals surface area contributed by atoms with Gasteiger partial charge in [-0.1, -0.05) is 12.1 Å². The summed E-state index contributed by atoms with van der Waals surface area (Å²) in [7, 11) is -1.87. The van der Waals surface area contributed by atoms with Crippen LogP contribution < -0.4 is 28.7 Å². The smallest absolute Gasteiger partial charge is 0.225 e. The maximum Gasteiger partial charge on any atom is 0.225 e. The van der Waals surface area contributed by atoms with E-state index in [9.17, 15) is 36.1 Å². The summed E-state index contributed by atoms with van der Waals surface area (Å²) in [5.41, 5.74) is 0.818. The summed E-state index contributed by atoms with van der Waals surface area (Å²) in [4.78, 5) is 19.1. The number of ether oxygens (including phenoxy) is 4. The lowest BCUT2D eigenvalue weighted by molar-refractivity contribution is 0.390. The standard InChI is InChI=1S/2C26H26FN7O5S/c2*1-16-7-8-22(39-16)25-32-31-23(34(25)24-20(37-2)5-4-6-21(24)38-3)15-40(35,36)19-9-17(10-28)13-33(14-19)26-29-11-18(27)12-30-26/h2*4-8,11-12,17,19H,9,13-15H2,1-3H3/t2*17-,19-/m10/s1. The van der Waals surface area contributed by atoms with Crippen molar-refractivity contribution < 1.29 is 53.4 Å². The van der Waals surface area contributed by atoms with Gasteiger partial charge in [-0.15, -0.1) is 20.4 Å². The number of nitrogens with zero attached hydrogens (tertiary/aromatic N) is 14. The summed E-state index contributed by atoms with van der Waals surface area (Å²) in [5, 5.41) is 34.5. The Morgan fingerprint density at radius 1 is 0.550 bits per heavy atom. The van der Waals surface area contributed by atoms with E-state index in [1.54, 1.807) is 93.4 Å². The van der Waals surface area contributed by atoms with Crippen molar-refractivity contribution in [3.63, 3.8) is 0 Å². The molecule has 8 heterocycles. The Morgan fingerprint density at radius 2 is 0.900 bits per heavy atom. The predicted octanol–water partition coefficient (Wildman–Crippen LogP) is 6.23. The number of piperidine rings is 2. The van der Waals surface area contributed by atoms with Crippen molar-refractivity contribution in [2.45, 2.75) is 48.7 Å². The minimum Gasteiger partial charge on any atom is -0.494 e. The van der Waals surface area contributed by atoms with Gasteiger partial charge in [-0.2, -0.15) is 10.5 Å². The third kappa shape index (κ3) is 11.7. The Hall–Kier alpha value is -9.02. The summed E-state index contributed by atoms with van der Waals surface area (Å²) in [6, 6.07) is 21.6. The number of para-hydroxylation sites is 2. The van der Waals surface area contributed by atoms with Gasteiger partial charge in [0.1, 0.15) is 57.4 Å². The van der Waals surface area contributed by atoms with Crippen molar-refractivity contribution in [3.8, 4) is 69.7 Å². The molecule has 10 rings (SSSR count). The molecule has 416 valence electrons. The van der Waals surface area contributed by atoms with Crippen molar-refractivity contribution in [2.24, 2.45) is 11.8 Å². The molecular formula is C52H52F2N14O10S2. The SMILES string of the molecule is COc1cccc(OC)c1-n1c(CS(=O)(=O)[C@@H]2C[C@H](C#N)CN(c3ncc(F)cn3)C2)nnc1-c1ccc(C)o1.COc1cccc(OC)c1-n1c(CS(=O)(=O)[C@H]2C[C@@H](C#N)CN(c3ncc(F)cn3)C2)nnc1-c1ccc(C)o1. The number of rotatable bonds is 16. The van der Waals surface area contributed by atoms with Crippen LogP contribution in [0, 0.1) is 60.0 Å². The average Bonchev–Trinajstić information content (AvgIpc) is 4.30. The Labute approximate surface area is 458 Å². The number of hydrogen-bond acceptors (Lipinski definition) is 22. The first-order chi connectivity index (χ1) is 38.5. The third-order valence-corrected chi connectivity index (χ3v) is 17.3. The van der Waals surface area contributed by atoms with E-state index < -0.39 is 65.2 Å². The number of sulfone groups is 2. The van der Waals surface area contributed by atoms with Crippen LogP contribution in [0.3, 0.4) is 0 Å². The highest BCUT2D eigenvalue weighted by atomic mass is 32.2. The maximum atomic E-state index is 13.9. The first-order valence-corrected chi connectivity index (χ1v) is 28.0. The molecule has 2 saturated heterocycles. The molecule has 8 aromatic rings. The summed E-state index contributed by atoms with van der Waals surface area (Å²) in [6.07, 6.45) is 4.25. The zero-order valence-electron chi connectivity index (χ0n) is 44.0. The number of benzene rings is 2. The Balaban J connectivity index is 0.000000194. The number of anilines is 2. The van der Waals surface area contributed by atoms with E-state index in [2.05, 4.69) is 52.5 Å². The highest BCUT2D eigenvalue weighted by molar-refractivity contribution is 7.91. The fourth-order valence-corrected chi connectivity index (χ4v) is 12.9. The predicted molar refractivity (Wildman–Crippen MR) is 282 cm³/mol. The third-order valence-electron chi connectivity index (χ3n) is 13.3. The molecule has 0 bridgehead atoms. The second-order valence-corrected chi connectivity index (χ2v) is 23.1. The summed E-state index contributed by atoms with van der Waals surface area (Å²) in [5.74, 6) is 1.28. The molecule has 0 amide bonds.